The highest BCUT2D eigenvalue weighted by Crippen LogP contribution is 2.32. The number of fused-ring (bicyclic) bond motifs is 1. The fourth-order valence-electron chi connectivity index (χ4n) is 3.58. The third-order valence-corrected chi connectivity index (χ3v) is 6.80. The minimum atomic E-state index is -3.08. The van der Waals surface area contributed by atoms with E-state index in [0.717, 1.165) is 18.4 Å². The number of nitrogens with zero attached hydrogens (tertiary/aromatic N) is 1. The second-order valence-corrected chi connectivity index (χ2v) is 9.39. The molecule has 7 nitrogen and oxygen atoms in total. The molecule has 2 aliphatic heterocycles. The van der Waals surface area contributed by atoms with Gasteiger partial charge in [0.15, 0.2) is 16.4 Å². The molecule has 8 heteroatoms. The van der Waals surface area contributed by atoms with Crippen LogP contribution < -0.4 is 4.74 Å². The van der Waals surface area contributed by atoms with Crippen LogP contribution in [-0.2, 0) is 24.2 Å². The van der Waals surface area contributed by atoms with E-state index in [2.05, 4.69) is 0 Å². The first-order valence-electron chi connectivity index (χ1n) is 9.04. The van der Waals surface area contributed by atoms with Crippen LogP contribution in [0.3, 0.4) is 0 Å². The van der Waals surface area contributed by atoms with Crippen molar-refractivity contribution < 1.29 is 27.5 Å². The molecule has 4 rings (SSSR count). The summed E-state index contributed by atoms with van der Waals surface area (Å²) in [4.78, 5) is 26.5. The topological polar surface area (TPSA) is 90.0 Å². The van der Waals surface area contributed by atoms with Gasteiger partial charge in [0.25, 0.3) is 5.91 Å². The Balaban J connectivity index is 1.38. The normalized spacial score (nSPS) is 23.0. The Hall–Kier alpha value is -2.35. The first kappa shape index (κ1) is 18.0. The van der Waals surface area contributed by atoms with Crippen molar-refractivity contribution >= 4 is 27.8 Å². The van der Waals surface area contributed by atoms with Gasteiger partial charge >= 0.3 is 5.97 Å². The SMILES string of the molecule is O=C(OCC(=O)N(C1CC1)[C@@H]1CCS(=O)(=O)C1)C1=Cc2ccccc2OC1. The molecule has 1 aliphatic carbocycles. The van der Waals surface area contributed by atoms with Gasteiger partial charge in [0, 0.05) is 17.6 Å². The molecule has 0 N–H and O–H groups in total. The molecule has 2 fully saturated rings. The highest BCUT2D eigenvalue weighted by molar-refractivity contribution is 7.91. The molecular formula is C19H21NO6S. The molecule has 2 heterocycles. The third kappa shape index (κ3) is 4.00. The lowest BCUT2D eigenvalue weighted by molar-refractivity contribution is -0.150. The number of hydrogen-bond acceptors (Lipinski definition) is 6. The molecule has 3 aliphatic rings. The molecule has 0 unspecified atom stereocenters. The van der Waals surface area contributed by atoms with E-state index in [9.17, 15) is 18.0 Å². The van der Waals surface area contributed by atoms with Gasteiger partial charge in [-0.2, -0.15) is 0 Å². The van der Waals surface area contributed by atoms with Crippen molar-refractivity contribution in [3.63, 3.8) is 0 Å². The summed E-state index contributed by atoms with van der Waals surface area (Å²) < 4.78 is 34.2. The van der Waals surface area contributed by atoms with Gasteiger partial charge in [0.05, 0.1) is 17.1 Å². The Kier molecular flexibility index (Phi) is 4.67. The van der Waals surface area contributed by atoms with Gasteiger partial charge in [-0.25, -0.2) is 13.2 Å². The zero-order valence-electron chi connectivity index (χ0n) is 14.8. The molecule has 1 saturated heterocycles. The van der Waals surface area contributed by atoms with Gasteiger partial charge in [0.2, 0.25) is 0 Å². The summed E-state index contributed by atoms with van der Waals surface area (Å²) in [6, 6.07) is 7.11. The lowest BCUT2D eigenvalue weighted by Gasteiger charge is -2.28. The summed E-state index contributed by atoms with van der Waals surface area (Å²) in [7, 11) is -3.08. The van der Waals surface area contributed by atoms with Crippen LogP contribution in [0.15, 0.2) is 29.8 Å². The number of carbonyl (C=O) groups excluding carboxylic acids is 2. The van der Waals surface area contributed by atoms with Crippen LogP contribution in [0.5, 0.6) is 5.75 Å². The molecule has 144 valence electrons. The molecule has 1 saturated carbocycles. The van der Waals surface area contributed by atoms with Crippen molar-refractivity contribution in [2.24, 2.45) is 0 Å². The largest absolute Gasteiger partial charge is 0.488 e. The van der Waals surface area contributed by atoms with E-state index in [1.165, 1.54) is 0 Å². The Labute approximate surface area is 157 Å². The van der Waals surface area contributed by atoms with Gasteiger partial charge in [-0.05, 0) is 31.4 Å². The number of benzene rings is 1. The summed E-state index contributed by atoms with van der Waals surface area (Å²) >= 11 is 0. The van der Waals surface area contributed by atoms with E-state index in [1.807, 2.05) is 24.3 Å². The summed E-state index contributed by atoms with van der Waals surface area (Å²) in [5, 5.41) is 0. The number of esters is 1. The van der Waals surface area contributed by atoms with Crippen molar-refractivity contribution in [2.75, 3.05) is 24.7 Å². The van der Waals surface area contributed by atoms with Crippen molar-refractivity contribution in [2.45, 2.75) is 31.3 Å². The van der Waals surface area contributed by atoms with Gasteiger partial charge in [-0.1, -0.05) is 18.2 Å². The second kappa shape index (κ2) is 6.99. The molecule has 1 aromatic rings. The van der Waals surface area contributed by atoms with Crippen LogP contribution in [0.2, 0.25) is 0 Å². The molecule has 27 heavy (non-hydrogen) atoms. The molecule has 1 amide bonds. The monoisotopic (exact) mass is 391 g/mol. The fraction of sp³-hybridized carbons (Fsp3) is 0.474. The number of para-hydroxylation sites is 1. The molecule has 0 spiro atoms. The predicted molar refractivity (Wildman–Crippen MR) is 97.8 cm³/mol. The number of sulfone groups is 1. The molecule has 0 aromatic heterocycles. The minimum Gasteiger partial charge on any atom is -0.488 e. The van der Waals surface area contributed by atoms with Crippen molar-refractivity contribution in [3.05, 3.63) is 35.4 Å². The minimum absolute atomic E-state index is 0.00103. The Morgan fingerprint density at radius 3 is 2.63 bits per heavy atom. The van der Waals surface area contributed by atoms with Crippen molar-refractivity contribution in [1.29, 1.82) is 0 Å². The maximum Gasteiger partial charge on any atom is 0.338 e. The first-order valence-corrected chi connectivity index (χ1v) is 10.9. The number of rotatable bonds is 5. The quantitative estimate of drug-likeness (QED) is 0.701. The van der Waals surface area contributed by atoms with Crippen LogP contribution in [0.4, 0.5) is 0 Å². The predicted octanol–water partition coefficient (Wildman–Crippen LogP) is 1.18. The maximum absolute atomic E-state index is 12.6. The van der Waals surface area contributed by atoms with Crippen LogP contribution in [-0.4, -0.2) is 62.0 Å². The van der Waals surface area contributed by atoms with E-state index in [4.69, 9.17) is 9.47 Å². The Morgan fingerprint density at radius 1 is 1.15 bits per heavy atom. The average molecular weight is 391 g/mol. The van der Waals surface area contributed by atoms with Crippen LogP contribution in [0.25, 0.3) is 6.08 Å². The van der Waals surface area contributed by atoms with Crippen molar-refractivity contribution in [3.8, 4) is 5.75 Å². The Morgan fingerprint density at radius 2 is 1.93 bits per heavy atom. The van der Waals surface area contributed by atoms with Gasteiger partial charge in [0.1, 0.15) is 12.4 Å². The molecule has 1 aromatic carbocycles. The fourth-order valence-corrected chi connectivity index (χ4v) is 5.29. The number of hydrogen-bond donors (Lipinski definition) is 0. The zero-order chi connectivity index (χ0) is 19.0. The second-order valence-electron chi connectivity index (χ2n) is 7.16. The lowest BCUT2D eigenvalue weighted by Crippen LogP contribution is -2.44. The van der Waals surface area contributed by atoms with Gasteiger partial charge < -0.3 is 14.4 Å². The van der Waals surface area contributed by atoms with E-state index in [-0.39, 0.29) is 42.7 Å². The highest BCUT2D eigenvalue weighted by atomic mass is 32.2. The van der Waals surface area contributed by atoms with E-state index in [1.54, 1.807) is 11.0 Å². The average Bonchev–Trinajstić information content (AvgIpc) is 3.42. The smallest absolute Gasteiger partial charge is 0.338 e. The van der Waals surface area contributed by atoms with Crippen LogP contribution >= 0.6 is 0 Å². The lowest BCUT2D eigenvalue weighted by atomic mass is 10.1. The standard InChI is InChI=1S/C19H21NO6S/c21-18(20(15-5-6-15)16-7-8-27(23,24)12-16)11-26-19(22)14-9-13-3-1-2-4-17(13)25-10-14/h1-4,9,15-16H,5-8,10-12H2/t16-/m1/s1. The van der Waals surface area contributed by atoms with Crippen molar-refractivity contribution in [1.82, 2.24) is 4.90 Å². The molecular weight excluding hydrogens is 370 g/mol. The first-order chi connectivity index (χ1) is 12.9. The summed E-state index contributed by atoms with van der Waals surface area (Å²) in [5.74, 6) is -0.109. The molecule has 1 atom stereocenters. The summed E-state index contributed by atoms with van der Waals surface area (Å²) in [6.07, 6.45) is 3.89. The van der Waals surface area contributed by atoms with E-state index in [0.29, 0.717) is 17.7 Å². The van der Waals surface area contributed by atoms with E-state index < -0.39 is 15.8 Å². The third-order valence-electron chi connectivity index (χ3n) is 5.05. The molecule has 0 radical (unpaired) electrons. The van der Waals surface area contributed by atoms with Gasteiger partial charge in [-0.15, -0.1) is 0 Å². The van der Waals surface area contributed by atoms with Gasteiger partial charge in [-0.3, -0.25) is 4.79 Å². The summed E-state index contributed by atoms with van der Waals surface area (Å²) in [6.45, 7) is -0.290. The van der Waals surface area contributed by atoms with E-state index >= 15 is 0 Å². The number of carbonyl (C=O) groups is 2. The maximum atomic E-state index is 12.6. The van der Waals surface area contributed by atoms with Crippen LogP contribution in [0, 0.1) is 0 Å². The molecule has 0 bridgehead atoms. The van der Waals surface area contributed by atoms with Crippen LogP contribution in [0.1, 0.15) is 24.8 Å². The Bertz CT molecular complexity index is 903. The highest BCUT2D eigenvalue weighted by Gasteiger charge is 2.42. The summed E-state index contributed by atoms with van der Waals surface area (Å²) in [5.41, 5.74) is 1.14. The number of ether oxygens (including phenoxy) is 2. The zero-order valence-corrected chi connectivity index (χ0v) is 15.6. The number of amides is 1.